The Morgan fingerprint density at radius 1 is 0.964 bits per heavy atom. The topological polar surface area (TPSA) is 118 Å². The monoisotopic (exact) mass is 781 g/mol. The van der Waals surface area contributed by atoms with Crippen LogP contribution in [0, 0.1) is 5.92 Å². The van der Waals surface area contributed by atoms with Gasteiger partial charge in [0.15, 0.2) is 5.60 Å². The number of nitrogens with zero attached hydrogens (tertiary/aromatic N) is 2. The smallest absolute Gasteiger partial charge is 0.264 e. The van der Waals surface area contributed by atoms with Crippen molar-refractivity contribution >= 4 is 54.0 Å². The number of fused-ring (bicyclic) bond motifs is 2. The Balaban J connectivity index is 1.20. The number of halogens is 1. The lowest BCUT2D eigenvalue weighted by Gasteiger charge is -2.37. The summed E-state index contributed by atoms with van der Waals surface area (Å²) in [4.78, 5) is 45.7. The number of likely N-dealkylation sites (tertiary alicyclic amines) is 1. The summed E-state index contributed by atoms with van der Waals surface area (Å²) in [6.45, 7) is 7.43. The molecular weight excluding hydrogens is 734 g/mol. The van der Waals surface area contributed by atoms with Gasteiger partial charge in [-0.3, -0.25) is 14.4 Å². The molecule has 0 bridgehead atoms. The number of rotatable bonds is 11. The van der Waals surface area contributed by atoms with Crippen LogP contribution in [-0.4, -0.2) is 75.3 Å². The lowest BCUT2D eigenvalue weighted by Crippen LogP contribution is -2.52. The van der Waals surface area contributed by atoms with E-state index in [0.717, 1.165) is 24.2 Å². The molecule has 288 valence electrons. The number of ether oxygens (including phenoxy) is 3. The van der Waals surface area contributed by atoms with Crippen molar-refractivity contribution in [2.75, 3.05) is 37.6 Å². The molecule has 1 spiro atoms. The Bertz CT molecular complexity index is 2060. The predicted octanol–water partition coefficient (Wildman–Crippen LogP) is 6.75. The van der Waals surface area contributed by atoms with Crippen LogP contribution >= 0.6 is 11.6 Å². The molecule has 12 heteroatoms. The molecule has 3 aliphatic heterocycles. The van der Waals surface area contributed by atoms with Gasteiger partial charge in [-0.25, -0.2) is 0 Å². The molecule has 4 aromatic carbocycles. The molecule has 0 aliphatic carbocycles. The Labute approximate surface area is 328 Å². The van der Waals surface area contributed by atoms with Crippen molar-refractivity contribution in [1.29, 1.82) is 0 Å². The number of benzene rings is 4. The summed E-state index contributed by atoms with van der Waals surface area (Å²) in [7, 11) is 0.732. The van der Waals surface area contributed by atoms with Gasteiger partial charge in [-0.05, 0) is 90.7 Å². The maximum atomic E-state index is 15.2. The molecule has 55 heavy (non-hydrogen) atoms. The second-order valence-corrected chi connectivity index (χ2v) is 20.5. The zero-order chi connectivity index (χ0) is 39.1. The van der Waals surface area contributed by atoms with Gasteiger partial charge >= 0.3 is 0 Å². The van der Waals surface area contributed by atoms with E-state index >= 15 is 4.79 Å². The molecule has 0 radical (unpaired) electrons. The highest BCUT2D eigenvalue weighted by atomic mass is 35.5. The van der Waals surface area contributed by atoms with E-state index in [1.165, 1.54) is 5.19 Å². The number of hydrogen-bond acceptors (Lipinski definition) is 7. The molecular formula is C43H48ClN3O7Si. The van der Waals surface area contributed by atoms with Gasteiger partial charge < -0.3 is 34.4 Å². The van der Waals surface area contributed by atoms with Crippen molar-refractivity contribution in [3.05, 3.63) is 113 Å². The maximum absolute atomic E-state index is 15.2. The molecule has 0 saturated carbocycles. The molecule has 2 fully saturated rings. The third-order valence-corrected chi connectivity index (χ3v) is 16.6. The average molecular weight is 782 g/mol. The summed E-state index contributed by atoms with van der Waals surface area (Å²) in [5, 5.41) is 14.7. The molecule has 3 amide bonds. The minimum atomic E-state index is -2.49. The van der Waals surface area contributed by atoms with Crippen LogP contribution in [0.1, 0.15) is 47.7 Å². The van der Waals surface area contributed by atoms with Crippen molar-refractivity contribution in [2.24, 2.45) is 5.92 Å². The number of hydrogen-bond donors (Lipinski definition) is 2. The first-order valence-electron chi connectivity index (χ1n) is 18.8. The Hall–Kier alpha value is -4.68. The number of methoxy groups -OCH3 is 2. The predicted molar refractivity (Wildman–Crippen MR) is 216 cm³/mol. The van der Waals surface area contributed by atoms with Crippen molar-refractivity contribution in [1.82, 2.24) is 4.90 Å². The number of aliphatic hydroxyl groups excluding tert-OH is 1. The maximum Gasteiger partial charge on any atom is 0.264 e. The van der Waals surface area contributed by atoms with Crippen LogP contribution in [0.5, 0.6) is 11.5 Å². The summed E-state index contributed by atoms with van der Waals surface area (Å²) in [5.74, 6) is 0.610. The molecule has 2 saturated heterocycles. The second-order valence-electron chi connectivity index (χ2n) is 15.4. The second kappa shape index (κ2) is 15.5. The fourth-order valence-corrected chi connectivity index (χ4v) is 13.3. The number of carbonyl (C=O) groups excluding carboxylic acids is 3. The standard InChI is InChI=1S/C43H48ClN3O7Si/c1-27-40(55(4,5)35-19-17-34(53-3)18-20-35)38(24-39(49)46-22-6-7-32(46)26-48)54-43(27)36-23-30(44)12-21-37(36)47(42(43)51)25-28-8-13-31(14-9-28)45-41(50)29-10-15-33(52-2)16-11-29/h8-21,23,27,32,38,40,48H,6-7,22,24-26H2,1-5H3,(H,45,50)/t27-,32+,38+,40-,43+/m1/s1. The molecule has 0 unspecified atom stereocenters. The number of carbonyl (C=O) groups is 3. The molecule has 4 aromatic rings. The van der Waals surface area contributed by atoms with Crippen molar-refractivity contribution in [2.45, 2.75) is 69.1 Å². The number of aliphatic hydroxyl groups is 1. The van der Waals surface area contributed by atoms with E-state index in [1.54, 1.807) is 54.4 Å². The molecule has 3 heterocycles. The third-order valence-electron chi connectivity index (χ3n) is 12.0. The van der Waals surface area contributed by atoms with E-state index in [2.05, 4.69) is 37.5 Å². The normalized spacial score (nSPS) is 23.3. The highest BCUT2D eigenvalue weighted by Gasteiger charge is 2.66. The number of anilines is 2. The third kappa shape index (κ3) is 7.03. The van der Waals surface area contributed by atoms with Crippen LogP contribution in [0.2, 0.25) is 23.7 Å². The number of nitrogens with one attached hydrogen (secondary N) is 1. The fraction of sp³-hybridized carbons (Fsp3) is 0.372. The molecule has 2 N–H and O–H groups in total. The molecule has 0 aromatic heterocycles. The quantitative estimate of drug-likeness (QED) is 0.162. The summed E-state index contributed by atoms with van der Waals surface area (Å²) in [6, 6.07) is 27.7. The Morgan fingerprint density at radius 3 is 2.25 bits per heavy atom. The summed E-state index contributed by atoms with van der Waals surface area (Å²) in [5.41, 5.74) is 1.90. The summed E-state index contributed by atoms with van der Waals surface area (Å²) >= 11 is 6.68. The summed E-state index contributed by atoms with van der Waals surface area (Å²) in [6.07, 6.45) is 1.15. The SMILES string of the molecule is COc1ccc(C(=O)Nc2ccc(CN3C(=O)[C@@]4(O[C@@H](CC(=O)N5CCC[C@H]5CO)[C@H]([Si](C)(C)c5ccc(OC)cc5)[C@H]4C)c4cc(Cl)ccc43)cc2)cc1. The molecule has 5 atom stereocenters. The van der Waals surface area contributed by atoms with Gasteiger partial charge in [-0.1, -0.05) is 61.1 Å². The van der Waals surface area contributed by atoms with E-state index in [9.17, 15) is 14.7 Å². The van der Waals surface area contributed by atoms with E-state index in [0.29, 0.717) is 39.8 Å². The van der Waals surface area contributed by atoms with Gasteiger partial charge in [0.05, 0.1) is 59.7 Å². The van der Waals surface area contributed by atoms with Crippen LogP contribution in [0.25, 0.3) is 0 Å². The van der Waals surface area contributed by atoms with Crippen LogP contribution < -0.4 is 24.9 Å². The van der Waals surface area contributed by atoms with Crippen LogP contribution in [-0.2, 0) is 26.5 Å². The minimum Gasteiger partial charge on any atom is -0.497 e. The van der Waals surface area contributed by atoms with E-state index < -0.39 is 19.8 Å². The van der Waals surface area contributed by atoms with Crippen molar-refractivity contribution in [3.63, 3.8) is 0 Å². The fourth-order valence-electron chi connectivity index (χ4n) is 9.11. The minimum absolute atomic E-state index is 0.0666. The molecule has 10 nitrogen and oxygen atoms in total. The van der Waals surface area contributed by atoms with E-state index in [-0.39, 0.29) is 54.8 Å². The summed E-state index contributed by atoms with van der Waals surface area (Å²) < 4.78 is 17.8. The largest absolute Gasteiger partial charge is 0.497 e. The van der Waals surface area contributed by atoms with Crippen molar-refractivity contribution < 1.29 is 33.7 Å². The molecule has 7 rings (SSSR count). The highest BCUT2D eigenvalue weighted by Crippen LogP contribution is 2.60. The lowest BCUT2D eigenvalue weighted by atomic mass is 9.82. The van der Waals surface area contributed by atoms with Gasteiger partial charge in [-0.15, -0.1) is 0 Å². The first-order valence-corrected chi connectivity index (χ1v) is 22.3. The first kappa shape index (κ1) is 38.6. The van der Waals surface area contributed by atoms with Gasteiger partial charge in [0, 0.05) is 34.3 Å². The molecule has 3 aliphatic rings. The van der Waals surface area contributed by atoms with E-state index in [4.69, 9.17) is 25.8 Å². The van der Waals surface area contributed by atoms with Gasteiger partial charge in [0.1, 0.15) is 11.5 Å². The number of amides is 3. The van der Waals surface area contributed by atoms with Crippen molar-refractivity contribution in [3.8, 4) is 11.5 Å². The Kier molecular flexibility index (Phi) is 10.8. The van der Waals surface area contributed by atoms with Crippen LogP contribution in [0.15, 0.2) is 91.0 Å². The zero-order valence-electron chi connectivity index (χ0n) is 31.9. The first-order chi connectivity index (χ1) is 26.4. The average Bonchev–Trinajstić information content (AvgIpc) is 3.86. The Morgan fingerprint density at radius 2 is 1.62 bits per heavy atom. The van der Waals surface area contributed by atoms with Crippen LogP contribution in [0.4, 0.5) is 11.4 Å². The van der Waals surface area contributed by atoms with Gasteiger partial charge in [0.2, 0.25) is 5.91 Å². The van der Waals surface area contributed by atoms with Gasteiger partial charge in [0.25, 0.3) is 11.8 Å². The highest BCUT2D eigenvalue weighted by molar-refractivity contribution is 6.91. The zero-order valence-corrected chi connectivity index (χ0v) is 33.6. The van der Waals surface area contributed by atoms with Crippen LogP contribution in [0.3, 0.4) is 0 Å². The van der Waals surface area contributed by atoms with Gasteiger partial charge in [-0.2, -0.15) is 0 Å². The van der Waals surface area contributed by atoms with E-state index in [1.807, 2.05) is 48.5 Å². The lowest BCUT2D eigenvalue weighted by molar-refractivity contribution is -0.150.